The van der Waals surface area contributed by atoms with Crippen LogP contribution in [-0.4, -0.2) is 28.8 Å². The Balaban J connectivity index is 1.21. The number of para-hydroxylation sites is 1. The molecule has 1 aromatic heterocycles. The van der Waals surface area contributed by atoms with Gasteiger partial charge in [-0.15, -0.1) is 0 Å². The van der Waals surface area contributed by atoms with Gasteiger partial charge in [-0.05, 0) is 30.5 Å². The Bertz CT molecular complexity index is 1360. The van der Waals surface area contributed by atoms with Crippen molar-refractivity contribution in [2.24, 2.45) is 0 Å². The third-order valence-corrected chi connectivity index (χ3v) is 6.64. The second-order valence-electron chi connectivity index (χ2n) is 8.75. The molecule has 1 fully saturated rings. The number of hydrogen-bond donors (Lipinski definition) is 2. The highest BCUT2D eigenvalue weighted by atomic mass is 16.7. The molecule has 1 aliphatic carbocycles. The zero-order valence-corrected chi connectivity index (χ0v) is 17.0. The number of aromatic amines is 1. The van der Waals surface area contributed by atoms with E-state index in [0.717, 1.165) is 35.5 Å². The quantitative estimate of drug-likeness (QED) is 0.664. The highest BCUT2D eigenvalue weighted by Crippen LogP contribution is 2.53. The van der Waals surface area contributed by atoms with E-state index < -0.39 is 11.7 Å². The van der Waals surface area contributed by atoms with Crippen LogP contribution in [0.3, 0.4) is 0 Å². The normalized spacial score (nSPS) is 24.2. The van der Waals surface area contributed by atoms with Crippen molar-refractivity contribution in [1.29, 1.82) is 0 Å². The first-order chi connectivity index (χ1) is 15.6. The summed E-state index contributed by atoms with van der Waals surface area (Å²) in [7, 11) is 0. The van der Waals surface area contributed by atoms with E-state index in [1.165, 1.54) is 6.07 Å². The Kier molecular flexibility index (Phi) is 3.41. The van der Waals surface area contributed by atoms with Crippen molar-refractivity contribution >= 4 is 11.6 Å². The molecule has 2 atom stereocenters. The van der Waals surface area contributed by atoms with Crippen molar-refractivity contribution in [1.82, 2.24) is 9.97 Å². The van der Waals surface area contributed by atoms with Crippen molar-refractivity contribution in [3.63, 3.8) is 0 Å². The first-order valence-electron chi connectivity index (χ1n) is 10.8. The number of nitrogens with zero attached hydrogens (tertiary/aromatic N) is 1. The van der Waals surface area contributed by atoms with Crippen molar-refractivity contribution in [3.05, 3.63) is 75.5 Å². The molecule has 8 heteroatoms. The van der Waals surface area contributed by atoms with Gasteiger partial charge in [-0.25, -0.2) is 4.98 Å². The van der Waals surface area contributed by atoms with Gasteiger partial charge in [0.1, 0.15) is 23.6 Å². The number of fused-ring (bicyclic) bond motifs is 5. The second kappa shape index (κ2) is 6.12. The van der Waals surface area contributed by atoms with Gasteiger partial charge in [0.05, 0.1) is 12.1 Å². The molecule has 160 valence electrons. The number of H-pyrrole nitrogens is 1. The molecule has 2 unspecified atom stereocenters. The van der Waals surface area contributed by atoms with Gasteiger partial charge in [-0.2, -0.15) is 0 Å². The Morgan fingerprint density at radius 1 is 1.00 bits per heavy atom. The van der Waals surface area contributed by atoms with Gasteiger partial charge in [0.2, 0.25) is 12.2 Å². The summed E-state index contributed by atoms with van der Waals surface area (Å²) in [6.07, 6.45) is 1.85. The van der Waals surface area contributed by atoms with Gasteiger partial charge in [0.25, 0.3) is 5.56 Å². The third kappa shape index (κ3) is 2.46. The number of nitrogens with one attached hydrogen (secondary N) is 2. The number of carbonyl (C=O) groups is 1. The number of ether oxygens (including phenoxy) is 3. The highest BCUT2D eigenvalue weighted by Gasteiger charge is 2.54. The van der Waals surface area contributed by atoms with E-state index in [2.05, 4.69) is 15.3 Å². The van der Waals surface area contributed by atoms with Crippen LogP contribution in [0.15, 0.2) is 47.3 Å². The highest BCUT2D eigenvalue weighted by molar-refractivity contribution is 6.10. The molecule has 2 aromatic carbocycles. The molecule has 4 heterocycles. The van der Waals surface area contributed by atoms with Crippen molar-refractivity contribution in [2.75, 3.05) is 11.9 Å². The van der Waals surface area contributed by atoms with Crippen molar-refractivity contribution in [3.8, 4) is 17.2 Å². The van der Waals surface area contributed by atoms with Crippen LogP contribution in [0.4, 0.5) is 5.69 Å². The van der Waals surface area contributed by atoms with Crippen LogP contribution < -0.4 is 25.1 Å². The molecule has 0 radical (unpaired) electrons. The topological polar surface area (TPSA) is 103 Å². The van der Waals surface area contributed by atoms with Crippen LogP contribution in [0.25, 0.3) is 0 Å². The Labute approximate surface area is 182 Å². The summed E-state index contributed by atoms with van der Waals surface area (Å²) in [5.41, 5.74) is 2.06. The lowest BCUT2D eigenvalue weighted by Gasteiger charge is -2.20. The number of carbonyl (C=O) groups excluding carboxylic acids is 1. The Morgan fingerprint density at radius 3 is 2.66 bits per heavy atom. The van der Waals surface area contributed by atoms with Crippen molar-refractivity contribution < 1.29 is 19.0 Å². The summed E-state index contributed by atoms with van der Waals surface area (Å²) in [4.78, 5) is 32.5. The lowest BCUT2D eigenvalue weighted by atomic mass is 9.77. The summed E-state index contributed by atoms with van der Waals surface area (Å²) in [6.45, 7) is 0.234. The number of benzene rings is 2. The van der Waals surface area contributed by atoms with Crippen LogP contribution in [0.5, 0.6) is 17.2 Å². The van der Waals surface area contributed by atoms with Crippen LogP contribution in [-0.2, 0) is 16.6 Å². The maximum absolute atomic E-state index is 13.0. The number of anilines is 1. The monoisotopic (exact) mass is 429 g/mol. The predicted octanol–water partition coefficient (Wildman–Crippen LogP) is 2.62. The molecular weight excluding hydrogens is 410 g/mol. The van der Waals surface area contributed by atoms with E-state index in [1.807, 2.05) is 30.3 Å². The van der Waals surface area contributed by atoms with Crippen LogP contribution >= 0.6 is 0 Å². The zero-order chi connectivity index (χ0) is 21.4. The van der Waals surface area contributed by atoms with Gasteiger partial charge < -0.3 is 24.5 Å². The SMILES string of the molecule is O=C1Nc2ccccc2C12COc1cc3c(cc12)OC(Cc1cc(=O)[nH]c(C2CC2)n1)O3. The second-order valence-corrected chi connectivity index (χ2v) is 8.75. The van der Waals surface area contributed by atoms with Crippen LogP contribution in [0.2, 0.25) is 0 Å². The van der Waals surface area contributed by atoms with Crippen LogP contribution in [0.1, 0.15) is 41.4 Å². The molecule has 1 saturated carbocycles. The molecule has 8 nitrogen and oxygen atoms in total. The molecule has 7 rings (SSSR count). The molecule has 32 heavy (non-hydrogen) atoms. The fourth-order valence-electron chi connectivity index (χ4n) is 4.91. The maximum Gasteiger partial charge on any atom is 0.251 e. The predicted molar refractivity (Wildman–Crippen MR) is 113 cm³/mol. The minimum Gasteiger partial charge on any atom is -0.491 e. The van der Waals surface area contributed by atoms with Crippen molar-refractivity contribution in [2.45, 2.75) is 36.9 Å². The molecule has 3 aliphatic heterocycles. The van der Waals surface area contributed by atoms with Gasteiger partial charge in [-0.3, -0.25) is 9.59 Å². The average Bonchev–Trinajstić information content (AvgIpc) is 3.37. The Hall–Kier alpha value is -3.81. The fraction of sp³-hybridized carbons (Fsp3) is 0.292. The number of aromatic nitrogens is 2. The van der Waals surface area contributed by atoms with E-state index in [-0.39, 0.29) is 18.1 Å². The fourth-order valence-corrected chi connectivity index (χ4v) is 4.91. The number of hydrogen-bond acceptors (Lipinski definition) is 6. The molecule has 4 aliphatic rings. The number of rotatable bonds is 3. The molecule has 1 spiro atoms. The smallest absolute Gasteiger partial charge is 0.251 e. The maximum atomic E-state index is 13.0. The lowest BCUT2D eigenvalue weighted by Crippen LogP contribution is -2.37. The summed E-state index contributed by atoms with van der Waals surface area (Å²) in [5.74, 6) is 2.72. The third-order valence-electron chi connectivity index (χ3n) is 6.64. The molecule has 0 saturated heterocycles. The largest absolute Gasteiger partial charge is 0.491 e. The van der Waals surface area contributed by atoms with Gasteiger partial charge in [0, 0.05) is 29.3 Å². The van der Waals surface area contributed by atoms with Gasteiger partial charge >= 0.3 is 0 Å². The minimum atomic E-state index is -0.893. The van der Waals surface area contributed by atoms with E-state index in [0.29, 0.717) is 35.3 Å². The molecular formula is C24H19N3O5. The molecule has 0 bridgehead atoms. The summed E-state index contributed by atoms with van der Waals surface area (Å²) >= 11 is 0. The van der Waals surface area contributed by atoms with Crippen LogP contribution in [0, 0.1) is 0 Å². The summed E-state index contributed by atoms with van der Waals surface area (Å²) in [5, 5.41) is 2.97. The molecule has 3 aromatic rings. The van der Waals surface area contributed by atoms with E-state index in [4.69, 9.17) is 14.2 Å². The zero-order valence-electron chi connectivity index (χ0n) is 17.0. The van der Waals surface area contributed by atoms with Gasteiger partial charge in [-0.1, -0.05) is 18.2 Å². The summed E-state index contributed by atoms with van der Waals surface area (Å²) in [6, 6.07) is 12.8. The standard InChI is InChI=1S/C24H19N3O5/c28-20-7-13(25-22(27-20)12-5-6-12)8-21-31-18-9-15-17(10-19(18)32-21)30-11-24(15)14-3-1-2-4-16(14)26-23(24)29/h1-4,7,9-10,12,21H,5-6,8,11H2,(H,26,29)(H,25,27,28). The first kappa shape index (κ1) is 17.8. The Morgan fingerprint density at radius 2 is 1.81 bits per heavy atom. The lowest BCUT2D eigenvalue weighted by molar-refractivity contribution is -0.119. The van der Waals surface area contributed by atoms with E-state index in [9.17, 15) is 9.59 Å². The first-order valence-corrected chi connectivity index (χ1v) is 10.8. The van der Waals surface area contributed by atoms with E-state index in [1.54, 1.807) is 6.07 Å². The van der Waals surface area contributed by atoms with E-state index >= 15 is 0 Å². The molecule has 1 amide bonds. The number of amides is 1. The minimum absolute atomic E-state index is 0.104. The average molecular weight is 429 g/mol. The summed E-state index contributed by atoms with van der Waals surface area (Å²) < 4.78 is 18.0. The van der Waals surface area contributed by atoms with Gasteiger partial charge in [0.15, 0.2) is 11.5 Å². The molecule has 2 N–H and O–H groups in total.